The van der Waals surface area contributed by atoms with Gasteiger partial charge in [-0.25, -0.2) is 18.1 Å². The van der Waals surface area contributed by atoms with Gasteiger partial charge >= 0.3 is 0 Å². The van der Waals surface area contributed by atoms with Crippen molar-refractivity contribution in [3.8, 4) is 11.3 Å². The van der Waals surface area contributed by atoms with Crippen LogP contribution in [0.25, 0.3) is 11.3 Å². The molecule has 1 heterocycles. The Morgan fingerprint density at radius 2 is 1.78 bits per heavy atom. The smallest absolute Gasteiger partial charge is 0.240 e. The molecule has 2 aromatic rings. The lowest BCUT2D eigenvalue weighted by molar-refractivity contribution is 0.332. The molecule has 0 bridgehead atoms. The molecule has 0 radical (unpaired) electrons. The quantitative estimate of drug-likeness (QED) is 0.929. The monoisotopic (exact) mass is 334 g/mol. The van der Waals surface area contributed by atoms with E-state index in [1.165, 1.54) is 0 Å². The van der Waals surface area contributed by atoms with Gasteiger partial charge in [0.1, 0.15) is 0 Å². The van der Waals surface area contributed by atoms with Gasteiger partial charge in [0.05, 0.1) is 11.1 Å². The molecule has 0 atom stereocenters. The van der Waals surface area contributed by atoms with Crippen LogP contribution in [0, 0.1) is 12.8 Å². The van der Waals surface area contributed by atoms with Crippen molar-refractivity contribution in [1.29, 1.82) is 0 Å². The molecule has 6 heteroatoms. The van der Waals surface area contributed by atoms with Crippen molar-refractivity contribution in [2.75, 3.05) is 0 Å². The van der Waals surface area contributed by atoms with Crippen LogP contribution in [0.15, 0.2) is 39.8 Å². The van der Waals surface area contributed by atoms with Crippen molar-refractivity contribution in [3.05, 3.63) is 36.4 Å². The van der Waals surface area contributed by atoms with Gasteiger partial charge in [0.2, 0.25) is 10.0 Å². The van der Waals surface area contributed by atoms with Gasteiger partial charge in [0, 0.05) is 18.5 Å². The van der Waals surface area contributed by atoms with Gasteiger partial charge in [-0.3, -0.25) is 0 Å². The van der Waals surface area contributed by atoms with Crippen LogP contribution in [0.4, 0.5) is 0 Å². The van der Waals surface area contributed by atoms with E-state index in [4.69, 9.17) is 4.42 Å². The third-order valence-corrected chi connectivity index (χ3v) is 5.94. The summed E-state index contributed by atoms with van der Waals surface area (Å²) >= 11 is 0. The van der Waals surface area contributed by atoms with E-state index in [0.717, 1.165) is 31.2 Å². The van der Waals surface area contributed by atoms with Crippen molar-refractivity contribution >= 4 is 10.0 Å². The van der Waals surface area contributed by atoms with E-state index < -0.39 is 10.0 Å². The Balaban J connectivity index is 1.72. The van der Waals surface area contributed by atoms with E-state index in [1.807, 2.05) is 0 Å². The molecule has 23 heavy (non-hydrogen) atoms. The van der Waals surface area contributed by atoms with E-state index in [1.54, 1.807) is 37.4 Å². The van der Waals surface area contributed by atoms with Gasteiger partial charge in [0.25, 0.3) is 0 Å². The van der Waals surface area contributed by atoms with Crippen LogP contribution in [0.1, 0.15) is 38.5 Å². The third-order valence-electron chi connectivity index (χ3n) is 4.41. The maximum absolute atomic E-state index is 12.5. The van der Waals surface area contributed by atoms with Gasteiger partial charge in [-0.05, 0) is 55.9 Å². The standard InChI is InChI=1S/C17H22N2O3S/c1-12-3-7-15(8-4-12)19-23(20,21)16-9-5-14(6-10-16)17-11-18-13(2)22-17/h5-6,9-12,15,19H,3-4,7-8H2,1-2H3. The SMILES string of the molecule is Cc1ncc(-c2ccc(S(=O)(=O)NC3CCC(C)CC3)cc2)o1. The number of nitrogens with zero attached hydrogens (tertiary/aromatic N) is 1. The molecule has 3 rings (SSSR count). The Hall–Kier alpha value is -1.66. The zero-order chi connectivity index (χ0) is 16.4. The Morgan fingerprint density at radius 1 is 1.13 bits per heavy atom. The number of sulfonamides is 1. The summed E-state index contributed by atoms with van der Waals surface area (Å²) < 4.78 is 33.3. The summed E-state index contributed by atoms with van der Waals surface area (Å²) in [6.07, 6.45) is 5.62. The highest BCUT2D eigenvalue weighted by atomic mass is 32.2. The molecule has 0 aliphatic heterocycles. The van der Waals surface area contributed by atoms with Crippen LogP contribution in [-0.2, 0) is 10.0 Å². The predicted octanol–water partition coefficient (Wildman–Crippen LogP) is 3.51. The van der Waals surface area contributed by atoms with Gasteiger partial charge < -0.3 is 4.42 Å². The van der Waals surface area contributed by atoms with Crippen LogP contribution in [0.2, 0.25) is 0 Å². The second-order valence-electron chi connectivity index (χ2n) is 6.35. The largest absolute Gasteiger partial charge is 0.441 e. The highest BCUT2D eigenvalue weighted by Crippen LogP contribution is 2.26. The Morgan fingerprint density at radius 3 is 2.35 bits per heavy atom. The molecule has 1 aromatic carbocycles. The Kier molecular flexibility index (Phi) is 4.55. The minimum Gasteiger partial charge on any atom is -0.441 e. The first kappa shape index (κ1) is 16.2. The lowest BCUT2D eigenvalue weighted by Gasteiger charge is -2.26. The fourth-order valence-corrected chi connectivity index (χ4v) is 4.26. The lowest BCUT2D eigenvalue weighted by atomic mass is 9.88. The predicted molar refractivity (Wildman–Crippen MR) is 88.4 cm³/mol. The molecular weight excluding hydrogens is 312 g/mol. The number of aromatic nitrogens is 1. The number of rotatable bonds is 4. The molecule has 1 aliphatic rings. The normalized spacial score (nSPS) is 22.2. The number of oxazole rings is 1. The van der Waals surface area contributed by atoms with Crippen LogP contribution in [0.3, 0.4) is 0 Å². The molecule has 5 nitrogen and oxygen atoms in total. The van der Waals surface area contributed by atoms with Gasteiger partial charge in [-0.15, -0.1) is 0 Å². The number of hydrogen-bond acceptors (Lipinski definition) is 4. The first-order chi connectivity index (χ1) is 10.9. The number of nitrogens with one attached hydrogen (secondary N) is 1. The summed E-state index contributed by atoms with van der Waals surface area (Å²) in [5, 5.41) is 0. The molecule has 0 spiro atoms. The van der Waals surface area contributed by atoms with E-state index in [-0.39, 0.29) is 10.9 Å². The average molecular weight is 334 g/mol. The van der Waals surface area contributed by atoms with Crippen LogP contribution in [-0.4, -0.2) is 19.4 Å². The molecule has 1 saturated carbocycles. The molecule has 1 aliphatic carbocycles. The Bertz CT molecular complexity index is 757. The fourth-order valence-electron chi connectivity index (χ4n) is 2.96. The zero-order valence-electron chi connectivity index (χ0n) is 13.5. The maximum atomic E-state index is 12.5. The molecule has 0 saturated heterocycles. The molecule has 1 aromatic heterocycles. The van der Waals surface area contributed by atoms with Crippen molar-refractivity contribution in [2.24, 2.45) is 5.92 Å². The third kappa shape index (κ3) is 3.82. The second-order valence-corrected chi connectivity index (χ2v) is 8.06. The average Bonchev–Trinajstić information content (AvgIpc) is 2.96. The van der Waals surface area contributed by atoms with Crippen molar-refractivity contribution in [2.45, 2.75) is 50.5 Å². The minimum absolute atomic E-state index is 0.0489. The van der Waals surface area contributed by atoms with Crippen molar-refractivity contribution < 1.29 is 12.8 Å². The highest BCUT2D eigenvalue weighted by molar-refractivity contribution is 7.89. The van der Waals surface area contributed by atoms with Gasteiger partial charge in [0.15, 0.2) is 11.7 Å². The summed E-state index contributed by atoms with van der Waals surface area (Å²) in [6.45, 7) is 3.99. The van der Waals surface area contributed by atoms with Crippen LogP contribution in [0.5, 0.6) is 0 Å². The topological polar surface area (TPSA) is 72.2 Å². The molecule has 124 valence electrons. The Labute approximate surface area is 137 Å². The maximum Gasteiger partial charge on any atom is 0.240 e. The number of hydrogen-bond donors (Lipinski definition) is 1. The van der Waals surface area contributed by atoms with Gasteiger partial charge in [-0.2, -0.15) is 0 Å². The second kappa shape index (κ2) is 6.45. The van der Waals surface area contributed by atoms with Crippen LogP contribution >= 0.6 is 0 Å². The molecule has 1 N–H and O–H groups in total. The summed E-state index contributed by atoms with van der Waals surface area (Å²) in [5.74, 6) is 1.92. The van der Waals surface area contributed by atoms with E-state index >= 15 is 0 Å². The lowest BCUT2D eigenvalue weighted by Crippen LogP contribution is -2.37. The molecule has 0 unspecified atom stereocenters. The summed E-state index contributed by atoms with van der Waals surface area (Å²) in [5.41, 5.74) is 0.816. The van der Waals surface area contributed by atoms with E-state index in [9.17, 15) is 8.42 Å². The summed E-state index contributed by atoms with van der Waals surface area (Å²) in [4.78, 5) is 4.34. The van der Waals surface area contributed by atoms with E-state index in [2.05, 4.69) is 16.6 Å². The van der Waals surface area contributed by atoms with Gasteiger partial charge in [-0.1, -0.05) is 6.92 Å². The number of benzene rings is 1. The molecule has 1 fully saturated rings. The first-order valence-electron chi connectivity index (χ1n) is 7.99. The summed E-state index contributed by atoms with van der Waals surface area (Å²) in [7, 11) is -3.47. The van der Waals surface area contributed by atoms with E-state index in [0.29, 0.717) is 17.6 Å². The van der Waals surface area contributed by atoms with Crippen molar-refractivity contribution in [3.63, 3.8) is 0 Å². The highest BCUT2D eigenvalue weighted by Gasteiger charge is 2.24. The minimum atomic E-state index is -3.47. The molecular formula is C17H22N2O3S. The molecule has 0 amide bonds. The fraction of sp³-hybridized carbons (Fsp3) is 0.471. The summed E-state index contributed by atoms with van der Waals surface area (Å²) in [6, 6.07) is 6.77. The number of aryl methyl sites for hydroxylation is 1. The van der Waals surface area contributed by atoms with Crippen LogP contribution < -0.4 is 4.72 Å². The first-order valence-corrected chi connectivity index (χ1v) is 9.47. The zero-order valence-corrected chi connectivity index (χ0v) is 14.3. The van der Waals surface area contributed by atoms with Crippen molar-refractivity contribution in [1.82, 2.24) is 9.71 Å².